The summed E-state index contributed by atoms with van der Waals surface area (Å²) in [5.41, 5.74) is 3.16. The highest BCUT2D eigenvalue weighted by Crippen LogP contribution is 2.30. The molecule has 0 bridgehead atoms. The molecule has 1 heterocycles. The van der Waals surface area contributed by atoms with Crippen LogP contribution < -0.4 is 5.32 Å². The second kappa shape index (κ2) is 7.02. The fraction of sp³-hybridized carbons (Fsp3) is 0.769. The normalized spacial score (nSPS) is 15.0. The van der Waals surface area contributed by atoms with E-state index in [-0.39, 0.29) is 0 Å². The minimum Gasteiger partial charge on any atom is -0.309 e. The van der Waals surface area contributed by atoms with E-state index in [9.17, 15) is 0 Å². The number of rotatable bonds is 7. The molecule has 1 aromatic heterocycles. The van der Waals surface area contributed by atoms with E-state index in [4.69, 9.17) is 0 Å². The molecule has 0 saturated carbocycles. The lowest BCUT2D eigenvalue weighted by molar-refractivity contribution is 0.366. The maximum Gasteiger partial charge on any atom is 0.0798 e. The van der Waals surface area contributed by atoms with Gasteiger partial charge in [0.05, 0.1) is 11.2 Å². The van der Waals surface area contributed by atoms with Crippen molar-refractivity contribution in [2.75, 3.05) is 6.54 Å². The summed E-state index contributed by atoms with van der Waals surface area (Å²) < 4.78 is 0. The van der Waals surface area contributed by atoms with Crippen molar-refractivity contribution in [1.82, 2.24) is 10.3 Å². The molecule has 0 aliphatic heterocycles. The number of nitrogens with one attached hydrogen (secondary N) is 1. The third-order valence-electron chi connectivity index (χ3n) is 2.99. The van der Waals surface area contributed by atoms with Crippen LogP contribution in [0.4, 0.5) is 0 Å². The summed E-state index contributed by atoms with van der Waals surface area (Å²) in [4.78, 5) is 5.79. The first-order valence-electron chi connectivity index (χ1n) is 6.34. The van der Waals surface area contributed by atoms with Crippen LogP contribution in [-0.4, -0.2) is 11.5 Å². The lowest BCUT2D eigenvalue weighted by atomic mass is 9.95. The average molecular weight is 240 g/mol. The zero-order valence-electron chi connectivity index (χ0n) is 10.9. The highest BCUT2D eigenvalue weighted by atomic mass is 32.1. The number of aromatic nitrogens is 1. The van der Waals surface area contributed by atoms with Crippen LogP contribution in [0.5, 0.6) is 0 Å². The molecule has 0 saturated heterocycles. The predicted molar refractivity (Wildman–Crippen MR) is 72.0 cm³/mol. The Hall–Kier alpha value is -0.410. The quantitative estimate of drug-likeness (QED) is 0.781. The fourth-order valence-corrected chi connectivity index (χ4v) is 3.09. The van der Waals surface area contributed by atoms with Crippen molar-refractivity contribution < 1.29 is 0 Å². The maximum atomic E-state index is 4.37. The van der Waals surface area contributed by atoms with Gasteiger partial charge in [0.25, 0.3) is 0 Å². The molecule has 0 aliphatic rings. The predicted octanol–water partition coefficient (Wildman–Crippen LogP) is 3.93. The molecule has 16 heavy (non-hydrogen) atoms. The van der Waals surface area contributed by atoms with Crippen molar-refractivity contribution in [3.05, 3.63) is 16.1 Å². The molecular formula is C13H24N2S. The second-order valence-electron chi connectivity index (χ2n) is 4.50. The van der Waals surface area contributed by atoms with E-state index in [0.29, 0.717) is 12.0 Å². The van der Waals surface area contributed by atoms with Crippen molar-refractivity contribution in [3.63, 3.8) is 0 Å². The van der Waals surface area contributed by atoms with Crippen LogP contribution in [0.25, 0.3) is 0 Å². The fourth-order valence-electron chi connectivity index (χ4n) is 2.08. The highest BCUT2D eigenvalue weighted by Gasteiger charge is 2.21. The first-order valence-corrected chi connectivity index (χ1v) is 7.22. The summed E-state index contributed by atoms with van der Waals surface area (Å²) in [6.45, 7) is 10.0. The Bertz CT molecular complexity index is 296. The first-order chi connectivity index (χ1) is 7.70. The van der Waals surface area contributed by atoms with Gasteiger partial charge in [0.15, 0.2) is 0 Å². The van der Waals surface area contributed by atoms with Crippen LogP contribution in [0.15, 0.2) is 5.51 Å². The van der Waals surface area contributed by atoms with Gasteiger partial charge in [-0.3, -0.25) is 0 Å². The minimum absolute atomic E-state index is 0.493. The summed E-state index contributed by atoms with van der Waals surface area (Å²) in [5.74, 6) is 0.690. The molecule has 1 rings (SSSR count). The molecule has 2 nitrogen and oxygen atoms in total. The molecule has 0 aromatic carbocycles. The van der Waals surface area contributed by atoms with E-state index >= 15 is 0 Å². The second-order valence-corrected chi connectivity index (χ2v) is 5.39. The van der Waals surface area contributed by atoms with E-state index in [1.807, 2.05) is 5.51 Å². The molecule has 1 aromatic rings. The van der Waals surface area contributed by atoms with Gasteiger partial charge in [-0.05, 0) is 32.2 Å². The number of hydrogen-bond acceptors (Lipinski definition) is 3. The summed E-state index contributed by atoms with van der Waals surface area (Å²) in [7, 11) is 0. The van der Waals surface area contributed by atoms with Gasteiger partial charge in [-0.2, -0.15) is 0 Å². The molecule has 0 radical (unpaired) electrons. The molecule has 0 amide bonds. The van der Waals surface area contributed by atoms with Gasteiger partial charge in [0.1, 0.15) is 0 Å². The topological polar surface area (TPSA) is 24.9 Å². The SMILES string of the molecule is CCCNC(c1scnc1C)C(C)CCC. The molecule has 92 valence electrons. The van der Waals surface area contributed by atoms with Crippen LogP contribution in [0, 0.1) is 12.8 Å². The van der Waals surface area contributed by atoms with Gasteiger partial charge >= 0.3 is 0 Å². The Labute approximate surface area is 103 Å². The van der Waals surface area contributed by atoms with Crippen LogP contribution in [0.1, 0.15) is 56.6 Å². The van der Waals surface area contributed by atoms with E-state index < -0.39 is 0 Å². The van der Waals surface area contributed by atoms with E-state index in [0.717, 1.165) is 6.54 Å². The molecule has 3 heteroatoms. The summed E-state index contributed by atoms with van der Waals surface area (Å²) in [6, 6.07) is 0.493. The lowest BCUT2D eigenvalue weighted by Gasteiger charge is -2.24. The Kier molecular flexibility index (Phi) is 5.99. The van der Waals surface area contributed by atoms with Crippen molar-refractivity contribution in [2.45, 2.75) is 53.0 Å². The summed E-state index contributed by atoms with van der Waals surface area (Å²) >= 11 is 1.79. The van der Waals surface area contributed by atoms with Crippen LogP contribution in [-0.2, 0) is 0 Å². The first kappa shape index (κ1) is 13.7. The molecule has 0 spiro atoms. The Morgan fingerprint density at radius 3 is 2.62 bits per heavy atom. The average Bonchev–Trinajstić information content (AvgIpc) is 2.66. The van der Waals surface area contributed by atoms with Gasteiger partial charge < -0.3 is 5.32 Å². The Morgan fingerprint density at radius 2 is 2.12 bits per heavy atom. The third-order valence-corrected chi connectivity index (χ3v) is 4.01. The molecular weight excluding hydrogens is 216 g/mol. The van der Waals surface area contributed by atoms with E-state index in [2.05, 4.69) is 38.0 Å². The third kappa shape index (κ3) is 3.56. The van der Waals surface area contributed by atoms with Gasteiger partial charge in [0, 0.05) is 10.9 Å². The highest BCUT2D eigenvalue weighted by molar-refractivity contribution is 7.09. The number of thiazole rings is 1. The molecule has 2 unspecified atom stereocenters. The largest absolute Gasteiger partial charge is 0.309 e. The van der Waals surface area contributed by atoms with Gasteiger partial charge in [0.2, 0.25) is 0 Å². The van der Waals surface area contributed by atoms with Crippen LogP contribution in [0.3, 0.4) is 0 Å². The summed E-state index contributed by atoms with van der Waals surface area (Å²) in [5, 5.41) is 3.67. The Balaban J connectivity index is 2.74. The smallest absolute Gasteiger partial charge is 0.0798 e. The van der Waals surface area contributed by atoms with Crippen molar-refractivity contribution in [1.29, 1.82) is 0 Å². The Morgan fingerprint density at radius 1 is 1.38 bits per heavy atom. The lowest BCUT2D eigenvalue weighted by Crippen LogP contribution is -2.27. The number of nitrogens with zero attached hydrogens (tertiary/aromatic N) is 1. The molecule has 0 aliphatic carbocycles. The van der Waals surface area contributed by atoms with Crippen LogP contribution >= 0.6 is 11.3 Å². The minimum atomic E-state index is 0.493. The zero-order valence-corrected chi connectivity index (χ0v) is 11.7. The molecule has 2 atom stereocenters. The van der Waals surface area contributed by atoms with E-state index in [1.54, 1.807) is 11.3 Å². The standard InChI is InChI=1S/C13H24N2S/c1-5-7-10(3)12(14-8-6-2)13-11(4)15-9-16-13/h9-10,12,14H,5-8H2,1-4H3. The maximum absolute atomic E-state index is 4.37. The van der Waals surface area contributed by atoms with Gasteiger partial charge in [-0.15, -0.1) is 11.3 Å². The summed E-state index contributed by atoms with van der Waals surface area (Å²) in [6.07, 6.45) is 3.72. The van der Waals surface area contributed by atoms with Crippen molar-refractivity contribution >= 4 is 11.3 Å². The van der Waals surface area contributed by atoms with Crippen LogP contribution in [0.2, 0.25) is 0 Å². The monoisotopic (exact) mass is 240 g/mol. The number of aryl methyl sites for hydroxylation is 1. The van der Waals surface area contributed by atoms with Crippen molar-refractivity contribution in [2.24, 2.45) is 5.92 Å². The van der Waals surface area contributed by atoms with E-state index in [1.165, 1.54) is 29.8 Å². The molecule has 1 N–H and O–H groups in total. The van der Waals surface area contributed by atoms with Crippen molar-refractivity contribution in [3.8, 4) is 0 Å². The van der Waals surface area contributed by atoms with Gasteiger partial charge in [-0.25, -0.2) is 4.98 Å². The zero-order chi connectivity index (χ0) is 12.0. The molecule has 0 fully saturated rings. The number of hydrogen-bond donors (Lipinski definition) is 1. The van der Waals surface area contributed by atoms with Gasteiger partial charge in [-0.1, -0.05) is 27.2 Å².